The zero-order valence-electron chi connectivity index (χ0n) is 14.3. The van der Waals surface area contributed by atoms with E-state index in [2.05, 4.69) is 25.1 Å². The van der Waals surface area contributed by atoms with Crippen molar-refractivity contribution in [3.05, 3.63) is 23.8 Å². The summed E-state index contributed by atoms with van der Waals surface area (Å²) >= 11 is 0. The minimum atomic E-state index is 0.369. The lowest BCUT2D eigenvalue weighted by Crippen LogP contribution is -3.29. The summed E-state index contributed by atoms with van der Waals surface area (Å²) in [6, 6.07) is 7.35. The maximum Gasteiger partial charge on any atom is 0.231 e. The van der Waals surface area contributed by atoms with Gasteiger partial charge in [-0.25, -0.2) is 0 Å². The smallest absolute Gasteiger partial charge is 0.231 e. The highest BCUT2D eigenvalue weighted by Crippen LogP contribution is 2.32. The standard InChI is InChI=1S/C19H28N2O2/c1-15-3-2-4-17(11-15)21-9-7-20(8-10-21)13-16-5-6-18-19(12-16)23-14-22-18/h5-6,12,15,17H,2-4,7-11,13-14H2,1H3/p+2. The van der Waals surface area contributed by atoms with E-state index >= 15 is 0 Å². The molecular weight excluding hydrogens is 288 g/mol. The Labute approximate surface area is 139 Å². The van der Waals surface area contributed by atoms with Gasteiger partial charge in [-0.15, -0.1) is 0 Å². The second-order valence-corrected chi connectivity index (χ2v) is 7.74. The molecule has 0 spiro atoms. The third kappa shape index (κ3) is 3.48. The summed E-state index contributed by atoms with van der Waals surface area (Å²) in [6.07, 6.45) is 5.80. The molecule has 0 aromatic heterocycles. The van der Waals surface area contributed by atoms with Gasteiger partial charge in [0.05, 0.1) is 6.04 Å². The van der Waals surface area contributed by atoms with Crippen LogP contribution in [0.5, 0.6) is 11.5 Å². The Morgan fingerprint density at radius 3 is 2.70 bits per heavy atom. The summed E-state index contributed by atoms with van der Waals surface area (Å²) in [5.41, 5.74) is 1.37. The van der Waals surface area contributed by atoms with Gasteiger partial charge < -0.3 is 19.3 Å². The quantitative estimate of drug-likeness (QED) is 0.838. The molecule has 3 aliphatic rings. The zero-order chi connectivity index (χ0) is 15.6. The van der Waals surface area contributed by atoms with Gasteiger partial charge in [-0.2, -0.15) is 0 Å². The van der Waals surface area contributed by atoms with Crippen molar-refractivity contribution in [2.75, 3.05) is 33.0 Å². The van der Waals surface area contributed by atoms with Crippen molar-refractivity contribution >= 4 is 0 Å². The van der Waals surface area contributed by atoms with E-state index in [-0.39, 0.29) is 0 Å². The largest absolute Gasteiger partial charge is 0.454 e. The van der Waals surface area contributed by atoms with Crippen LogP contribution in [0.3, 0.4) is 0 Å². The monoisotopic (exact) mass is 318 g/mol. The van der Waals surface area contributed by atoms with Crippen LogP contribution in [0.1, 0.15) is 38.2 Å². The highest BCUT2D eigenvalue weighted by atomic mass is 16.7. The Hall–Kier alpha value is -1.26. The first-order valence-corrected chi connectivity index (χ1v) is 9.34. The van der Waals surface area contributed by atoms with Gasteiger partial charge in [0.15, 0.2) is 11.5 Å². The molecule has 4 nitrogen and oxygen atoms in total. The van der Waals surface area contributed by atoms with Gasteiger partial charge in [0.2, 0.25) is 6.79 Å². The normalized spacial score (nSPS) is 33.6. The number of piperazine rings is 1. The average molecular weight is 318 g/mol. The molecule has 4 heteroatoms. The summed E-state index contributed by atoms with van der Waals surface area (Å²) in [4.78, 5) is 3.60. The molecule has 2 atom stereocenters. The lowest BCUT2D eigenvalue weighted by atomic mass is 9.86. The van der Waals surface area contributed by atoms with Crippen LogP contribution < -0.4 is 19.3 Å². The van der Waals surface area contributed by atoms with Crippen LogP contribution in [0.25, 0.3) is 0 Å². The fraction of sp³-hybridized carbons (Fsp3) is 0.684. The fourth-order valence-electron chi connectivity index (χ4n) is 4.65. The lowest BCUT2D eigenvalue weighted by Gasteiger charge is -2.37. The number of quaternary nitrogens is 2. The van der Waals surface area contributed by atoms with Crippen molar-refractivity contribution in [1.29, 1.82) is 0 Å². The van der Waals surface area contributed by atoms with Gasteiger partial charge in [-0.05, 0) is 37.0 Å². The molecule has 0 amide bonds. The maximum absolute atomic E-state index is 5.50. The van der Waals surface area contributed by atoms with E-state index in [0.717, 1.165) is 30.0 Å². The van der Waals surface area contributed by atoms with Crippen LogP contribution in [0.2, 0.25) is 0 Å². The molecule has 23 heavy (non-hydrogen) atoms. The molecule has 2 fully saturated rings. The Morgan fingerprint density at radius 1 is 1.04 bits per heavy atom. The molecule has 1 aliphatic carbocycles. The number of hydrogen-bond acceptors (Lipinski definition) is 2. The van der Waals surface area contributed by atoms with Crippen LogP contribution >= 0.6 is 0 Å². The number of nitrogens with one attached hydrogen (secondary N) is 2. The Bertz CT molecular complexity index is 540. The number of fused-ring (bicyclic) bond motifs is 1. The Kier molecular flexibility index (Phi) is 4.45. The third-order valence-corrected chi connectivity index (χ3v) is 6.00. The lowest BCUT2D eigenvalue weighted by molar-refractivity contribution is -1.03. The molecule has 1 saturated heterocycles. The van der Waals surface area contributed by atoms with Crippen molar-refractivity contribution in [3.63, 3.8) is 0 Å². The second kappa shape index (κ2) is 6.70. The summed E-state index contributed by atoms with van der Waals surface area (Å²) in [5, 5.41) is 0. The molecule has 2 unspecified atom stereocenters. The van der Waals surface area contributed by atoms with Crippen molar-refractivity contribution < 1.29 is 19.3 Å². The van der Waals surface area contributed by atoms with Gasteiger partial charge in [-0.3, -0.25) is 0 Å². The minimum absolute atomic E-state index is 0.369. The van der Waals surface area contributed by atoms with E-state index in [1.54, 1.807) is 4.90 Å². The second-order valence-electron chi connectivity index (χ2n) is 7.74. The number of rotatable bonds is 3. The van der Waals surface area contributed by atoms with Gasteiger partial charge in [0.25, 0.3) is 0 Å². The van der Waals surface area contributed by atoms with Crippen molar-refractivity contribution in [2.24, 2.45) is 5.92 Å². The predicted molar refractivity (Wildman–Crippen MR) is 89.1 cm³/mol. The first kappa shape index (κ1) is 15.3. The van der Waals surface area contributed by atoms with Crippen LogP contribution in [0.4, 0.5) is 0 Å². The number of ether oxygens (including phenoxy) is 2. The molecule has 1 aromatic carbocycles. The predicted octanol–water partition coefficient (Wildman–Crippen LogP) is 0.277. The van der Waals surface area contributed by atoms with Crippen molar-refractivity contribution in [2.45, 2.75) is 45.2 Å². The average Bonchev–Trinajstić information content (AvgIpc) is 3.03. The summed E-state index contributed by atoms with van der Waals surface area (Å²) in [6.45, 7) is 9.21. The molecule has 2 N–H and O–H groups in total. The topological polar surface area (TPSA) is 27.3 Å². The zero-order valence-corrected chi connectivity index (χ0v) is 14.3. The summed E-state index contributed by atoms with van der Waals surface area (Å²) in [7, 11) is 0. The Morgan fingerprint density at radius 2 is 1.87 bits per heavy atom. The van der Waals surface area contributed by atoms with Crippen molar-refractivity contribution in [3.8, 4) is 11.5 Å². The molecule has 2 aliphatic heterocycles. The summed E-state index contributed by atoms with van der Waals surface area (Å²) < 4.78 is 10.9. The highest BCUT2D eigenvalue weighted by Gasteiger charge is 2.32. The first-order chi connectivity index (χ1) is 11.3. The fourth-order valence-corrected chi connectivity index (χ4v) is 4.65. The van der Waals surface area contributed by atoms with Crippen molar-refractivity contribution in [1.82, 2.24) is 0 Å². The molecular formula is C19H30N2O2+2. The Balaban J connectivity index is 1.30. The molecule has 1 aromatic rings. The molecule has 4 rings (SSSR count). The highest BCUT2D eigenvalue weighted by molar-refractivity contribution is 5.44. The van der Waals surface area contributed by atoms with E-state index in [4.69, 9.17) is 9.47 Å². The van der Waals surface area contributed by atoms with Gasteiger partial charge in [-0.1, -0.05) is 13.3 Å². The van der Waals surface area contributed by atoms with Crippen LogP contribution in [0, 0.1) is 5.92 Å². The minimum Gasteiger partial charge on any atom is -0.454 e. The van der Waals surface area contributed by atoms with Gasteiger partial charge in [0, 0.05) is 12.0 Å². The third-order valence-electron chi connectivity index (χ3n) is 6.00. The number of benzene rings is 1. The SMILES string of the molecule is CC1CCCC([NH+]2CC[NH+](Cc3ccc4c(c3)OCO4)CC2)C1. The van der Waals surface area contributed by atoms with E-state index in [1.165, 1.54) is 57.4 Å². The van der Waals surface area contributed by atoms with E-state index in [1.807, 2.05) is 4.90 Å². The van der Waals surface area contributed by atoms with Crippen LogP contribution in [-0.4, -0.2) is 39.0 Å². The molecule has 2 heterocycles. The molecule has 0 radical (unpaired) electrons. The van der Waals surface area contributed by atoms with Crippen LogP contribution in [-0.2, 0) is 6.54 Å². The molecule has 1 saturated carbocycles. The van der Waals surface area contributed by atoms with Crippen LogP contribution in [0.15, 0.2) is 18.2 Å². The molecule has 126 valence electrons. The maximum atomic E-state index is 5.50. The molecule has 0 bridgehead atoms. The van der Waals surface area contributed by atoms with E-state index < -0.39 is 0 Å². The number of hydrogen-bond donors (Lipinski definition) is 2. The van der Waals surface area contributed by atoms with E-state index in [9.17, 15) is 0 Å². The van der Waals surface area contributed by atoms with Gasteiger partial charge in [0.1, 0.15) is 32.7 Å². The summed E-state index contributed by atoms with van der Waals surface area (Å²) in [5.74, 6) is 2.76. The van der Waals surface area contributed by atoms with Gasteiger partial charge >= 0.3 is 0 Å². The van der Waals surface area contributed by atoms with E-state index in [0.29, 0.717) is 6.79 Å². The first-order valence-electron chi connectivity index (χ1n) is 9.34.